The van der Waals surface area contributed by atoms with Gasteiger partial charge in [0, 0.05) is 21.7 Å². The van der Waals surface area contributed by atoms with Crippen LogP contribution in [0, 0.1) is 6.92 Å². The third kappa shape index (κ3) is 5.36. The van der Waals surface area contributed by atoms with Gasteiger partial charge in [-0.15, -0.1) is 0 Å². The molecule has 0 fully saturated rings. The lowest BCUT2D eigenvalue weighted by molar-refractivity contribution is -0.139. The number of hydrogen-bond donors (Lipinski definition) is 0. The van der Waals surface area contributed by atoms with Crippen LogP contribution in [0.2, 0.25) is 0 Å². The normalized spacial score (nSPS) is 15.1. The van der Waals surface area contributed by atoms with Crippen LogP contribution in [0.15, 0.2) is 84.5 Å². The molecule has 0 radical (unpaired) electrons. The molecule has 4 aromatic rings. The molecule has 2 aromatic carbocycles. The fourth-order valence-corrected chi connectivity index (χ4v) is 6.38. The number of hydrogen-bond acceptors (Lipinski definition) is 7. The van der Waals surface area contributed by atoms with E-state index in [1.165, 1.54) is 11.3 Å². The van der Waals surface area contributed by atoms with Crippen molar-refractivity contribution in [3.05, 3.63) is 107 Å². The minimum absolute atomic E-state index is 0.207. The first kappa shape index (κ1) is 27.9. The molecule has 206 valence electrons. The first-order chi connectivity index (χ1) is 19.3. The number of thiazole rings is 1. The first-order valence-corrected chi connectivity index (χ1v) is 14.7. The molecule has 1 atom stereocenters. The molecule has 0 unspecified atom stereocenters. The fraction of sp³-hybridized carbons (Fsp3) is 0.258. The van der Waals surface area contributed by atoms with Crippen LogP contribution in [0.5, 0.6) is 5.75 Å². The minimum atomic E-state index is -0.749. The number of furan rings is 1. The number of esters is 1. The van der Waals surface area contributed by atoms with Gasteiger partial charge in [-0.3, -0.25) is 9.36 Å². The number of carbonyl (C=O) groups is 1. The van der Waals surface area contributed by atoms with Crippen molar-refractivity contribution >= 4 is 39.3 Å². The maximum atomic E-state index is 13.9. The molecular weight excluding hydrogens is 592 g/mol. The van der Waals surface area contributed by atoms with Gasteiger partial charge in [0.25, 0.3) is 5.56 Å². The van der Waals surface area contributed by atoms with Gasteiger partial charge in [0.2, 0.25) is 0 Å². The van der Waals surface area contributed by atoms with E-state index in [0.29, 0.717) is 50.0 Å². The van der Waals surface area contributed by atoms with Crippen molar-refractivity contribution in [3.63, 3.8) is 0 Å². The van der Waals surface area contributed by atoms with Gasteiger partial charge < -0.3 is 13.9 Å². The highest BCUT2D eigenvalue weighted by molar-refractivity contribution is 9.10. The number of para-hydroxylation sites is 1. The number of aromatic nitrogens is 1. The lowest BCUT2D eigenvalue weighted by Crippen LogP contribution is -2.40. The monoisotopic (exact) mass is 620 g/mol. The fourth-order valence-electron chi connectivity index (χ4n) is 4.66. The summed E-state index contributed by atoms with van der Waals surface area (Å²) in [7, 11) is 0. The summed E-state index contributed by atoms with van der Waals surface area (Å²) in [5.74, 6) is 1.33. The minimum Gasteiger partial charge on any atom is -0.493 e. The molecule has 0 saturated heterocycles. The average molecular weight is 622 g/mol. The third-order valence-corrected chi connectivity index (χ3v) is 8.12. The summed E-state index contributed by atoms with van der Waals surface area (Å²) < 4.78 is 20.5. The number of aryl methyl sites for hydroxylation is 1. The Labute approximate surface area is 244 Å². The number of benzene rings is 2. The smallest absolute Gasteiger partial charge is 0.338 e. The maximum Gasteiger partial charge on any atom is 0.338 e. The Morgan fingerprint density at radius 1 is 1.15 bits per heavy atom. The zero-order valence-electron chi connectivity index (χ0n) is 22.7. The first-order valence-electron chi connectivity index (χ1n) is 13.1. The zero-order valence-corrected chi connectivity index (χ0v) is 25.1. The van der Waals surface area contributed by atoms with Gasteiger partial charge in [0.1, 0.15) is 23.3 Å². The van der Waals surface area contributed by atoms with Gasteiger partial charge >= 0.3 is 5.97 Å². The van der Waals surface area contributed by atoms with E-state index in [1.54, 1.807) is 24.5 Å². The Morgan fingerprint density at radius 3 is 2.70 bits per heavy atom. The quantitative estimate of drug-likeness (QED) is 0.228. The molecule has 9 heteroatoms. The molecule has 0 spiro atoms. The van der Waals surface area contributed by atoms with E-state index in [1.807, 2.05) is 68.4 Å². The van der Waals surface area contributed by atoms with Crippen molar-refractivity contribution in [1.29, 1.82) is 0 Å². The van der Waals surface area contributed by atoms with E-state index in [2.05, 4.69) is 20.9 Å². The van der Waals surface area contributed by atoms with Gasteiger partial charge in [-0.05, 0) is 63.1 Å². The second-order valence-electron chi connectivity index (χ2n) is 9.37. The van der Waals surface area contributed by atoms with Crippen molar-refractivity contribution in [2.24, 2.45) is 4.99 Å². The van der Waals surface area contributed by atoms with Crippen LogP contribution in [0.25, 0.3) is 17.4 Å². The molecule has 0 amide bonds. The van der Waals surface area contributed by atoms with E-state index in [-0.39, 0.29) is 12.2 Å². The summed E-state index contributed by atoms with van der Waals surface area (Å²) in [4.78, 5) is 32.3. The van der Waals surface area contributed by atoms with E-state index >= 15 is 0 Å². The maximum absolute atomic E-state index is 13.9. The van der Waals surface area contributed by atoms with E-state index in [9.17, 15) is 9.59 Å². The SMILES string of the molecule is CCCOc1ccccc1[C@H]1C(C(=O)OCC)=C(C)N=c2s/c(=C/c3ccc(-c4ccc(C)cc4Br)o3)c(=O)n21. The molecule has 1 aliphatic rings. The highest BCUT2D eigenvalue weighted by Gasteiger charge is 2.35. The van der Waals surface area contributed by atoms with E-state index < -0.39 is 12.0 Å². The molecular formula is C31H29BrN2O5S. The molecule has 7 nitrogen and oxygen atoms in total. The predicted molar refractivity (Wildman–Crippen MR) is 159 cm³/mol. The number of carbonyl (C=O) groups excluding carboxylic acids is 1. The summed E-state index contributed by atoms with van der Waals surface area (Å²) >= 11 is 4.86. The average Bonchev–Trinajstić information content (AvgIpc) is 3.51. The highest BCUT2D eigenvalue weighted by Crippen LogP contribution is 2.36. The van der Waals surface area contributed by atoms with Gasteiger partial charge in [-0.25, -0.2) is 9.79 Å². The summed E-state index contributed by atoms with van der Waals surface area (Å²) in [5, 5.41) is 0. The molecule has 0 N–H and O–H groups in total. The number of ether oxygens (including phenoxy) is 2. The van der Waals surface area contributed by atoms with Crippen molar-refractivity contribution < 1.29 is 18.7 Å². The summed E-state index contributed by atoms with van der Waals surface area (Å²) in [6.07, 6.45) is 2.54. The highest BCUT2D eigenvalue weighted by atomic mass is 79.9. The van der Waals surface area contributed by atoms with Crippen LogP contribution in [-0.2, 0) is 9.53 Å². The Morgan fingerprint density at radius 2 is 1.95 bits per heavy atom. The number of fused-ring (bicyclic) bond motifs is 1. The Kier molecular flexibility index (Phi) is 8.23. The van der Waals surface area contributed by atoms with Crippen LogP contribution < -0.4 is 19.6 Å². The van der Waals surface area contributed by atoms with Crippen LogP contribution in [0.4, 0.5) is 0 Å². The number of halogens is 1. The molecule has 0 aliphatic carbocycles. The van der Waals surface area contributed by atoms with Gasteiger partial charge in [0.05, 0.1) is 29.0 Å². The second kappa shape index (κ2) is 11.8. The summed E-state index contributed by atoms with van der Waals surface area (Å²) in [6, 6.07) is 16.5. The predicted octanol–water partition coefficient (Wildman–Crippen LogP) is 5.92. The second-order valence-corrected chi connectivity index (χ2v) is 11.2. The van der Waals surface area contributed by atoms with E-state index in [0.717, 1.165) is 22.0 Å². The lowest BCUT2D eigenvalue weighted by atomic mass is 9.95. The van der Waals surface area contributed by atoms with Crippen LogP contribution in [0.3, 0.4) is 0 Å². The zero-order chi connectivity index (χ0) is 28.4. The lowest BCUT2D eigenvalue weighted by Gasteiger charge is -2.26. The molecule has 1 aliphatic heterocycles. The van der Waals surface area contributed by atoms with Crippen molar-refractivity contribution in [2.75, 3.05) is 13.2 Å². The van der Waals surface area contributed by atoms with Crippen molar-refractivity contribution in [2.45, 2.75) is 40.2 Å². The van der Waals surface area contributed by atoms with Crippen LogP contribution >= 0.6 is 27.3 Å². The summed E-state index contributed by atoms with van der Waals surface area (Å²) in [6.45, 7) is 8.29. The number of nitrogens with zero attached hydrogens (tertiary/aromatic N) is 2. The Bertz CT molecular complexity index is 1800. The van der Waals surface area contributed by atoms with Crippen LogP contribution in [0.1, 0.15) is 50.1 Å². The molecule has 40 heavy (non-hydrogen) atoms. The van der Waals surface area contributed by atoms with Gasteiger partial charge in [-0.1, -0.05) is 58.5 Å². The molecule has 5 rings (SSSR count). The Hall–Kier alpha value is -3.69. The molecule has 3 heterocycles. The number of rotatable bonds is 8. The standard InChI is InChI=1S/C31H29BrN2O5S/c1-5-15-38-24-10-8-7-9-22(24)28-27(30(36)37-6-2)19(4)33-31-34(28)29(35)26(40-31)17-20-12-14-25(39-20)21-13-11-18(3)16-23(21)32/h7-14,16-17,28H,5-6,15H2,1-4H3/b26-17+/t28-/m0/s1. The van der Waals surface area contributed by atoms with Gasteiger partial charge in [0.15, 0.2) is 4.80 Å². The third-order valence-electron chi connectivity index (χ3n) is 6.48. The Balaban J connectivity index is 1.65. The van der Waals surface area contributed by atoms with Crippen molar-refractivity contribution in [3.8, 4) is 17.1 Å². The largest absolute Gasteiger partial charge is 0.493 e. The molecule has 2 aromatic heterocycles. The van der Waals surface area contributed by atoms with Gasteiger partial charge in [-0.2, -0.15) is 0 Å². The van der Waals surface area contributed by atoms with E-state index in [4.69, 9.17) is 13.9 Å². The van der Waals surface area contributed by atoms with Crippen LogP contribution in [-0.4, -0.2) is 23.8 Å². The van der Waals surface area contributed by atoms with Crippen molar-refractivity contribution in [1.82, 2.24) is 4.57 Å². The molecule has 0 bridgehead atoms. The summed E-state index contributed by atoms with van der Waals surface area (Å²) in [5.41, 5.74) is 3.31. The topological polar surface area (TPSA) is 83.0 Å². The number of allylic oxidation sites excluding steroid dienone is 1. The molecule has 0 saturated carbocycles.